The molecular weight excluding hydrogens is 286 g/mol. The molecule has 0 bridgehead atoms. The van der Waals surface area contributed by atoms with Gasteiger partial charge in [-0.3, -0.25) is 4.90 Å². The normalized spacial score (nSPS) is 12.4. The predicted molar refractivity (Wildman–Crippen MR) is 73.8 cm³/mol. The molecule has 0 unspecified atom stereocenters. The third-order valence-corrected chi connectivity index (χ3v) is 3.73. The highest BCUT2D eigenvalue weighted by Gasteiger charge is 2.16. The highest BCUT2D eigenvalue weighted by molar-refractivity contribution is 9.11. The summed E-state index contributed by atoms with van der Waals surface area (Å²) in [5.74, 6) is 0. The van der Waals surface area contributed by atoms with Crippen molar-refractivity contribution in [3.8, 4) is 0 Å². The van der Waals surface area contributed by atoms with Gasteiger partial charge in [-0.2, -0.15) is 0 Å². The molecular formula is C12H20BrNOS. The summed E-state index contributed by atoms with van der Waals surface area (Å²) in [4.78, 5) is 3.64. The Morgan fingerprint density at radius 3 is 2.50 bits per heavy atom. The molecule has 0 aliphatic rings. The van der Waals surface area contributed by atoms with Crippen LogP contribution >= 0.6 is 27.3 Å². The molecule has 1 heterocycles. The molecule has 0 amide bonds. The summed E-state index contributed by atoms with van der Waals surface area (Å²) in [5.41, 5.74) is 0.268. The van der Waals surface area contributed by atoms with E-state index in [1.807, 2.05) is 0 Å². The molecule has 0 spiro atoms. The molecule has 4 heteroatoms. The van der Waals surface area contributed by atoms with Gasteiger partial charge in [-0.05, 0) is 33.5 Å². The Bertz CT molecular complexity index is 319. The fourth-order valence-corrected chi connectivity index (χ4v) is 3.21. The van der Waals surface area contributed by atoms with Crippen LogP contribution in [0.4, 0.5) is 0 Å². The molecule has 1 aromatic rings. The van der Waals surface area contributed by atoms with E-state index in [1.54, 1.807) is 11.3 Å². The minimum atomic E-state index is 0.225. The SMILES string of the molecule is CC(C)(C)CN(CCO)Cc1ccc(Br)s1. The Hall–Kier alpha value is 0.1000. The summed E-state index contributed by atoms with van der Waals surface area (Å²) in [7, 11) is 0. The number of rotatable bonds is 5. The highest BCUT2D eigenvalue weighted by Crippen LogP contribution is 2.24. The van der Waals surface area contributed by atoms with Crippen LogP contribution in [0.2, 0.25) is 0 Å². The van der Waals surface area contributed by atoms with Gasteiger partial charge in [0.2, 0.25) is 0 Å². The second-order valence-electron chi connectivity index (χ2n) is 5.20. The molecule has 0 saturated carbocycles. The summed E-state index contributed by atoms with van der Waals surface area (Å²) in [6.45, 7) is 9.57. The summed E-state index contributed by atoms with van der Waals surface area (Å²) in [6.07, 6.45) is 0. The van der Waals surface area contributed by atoms with Gasteiger partial charge in [0.05, 0.1) is 10.4 Å². The lowest BCUT2D eigenvalue weighted by Gasteiger charge is -2.29. The Balaban J connectivity index is 2.57. The van der Waals surface area contributed by atoms with Crippen molar-refractivity contribution in [1.29, 1.82) is 0 Å². The first-order chi connectivity index (χ1) is 7.40. The molecule has 16 heavy (non-hydrogen) atoms. The number of aliphatic hydroxyl groups is 1. The minimum absolute atomic E-state index is 0.225. The van der Waals surface area contributed by atoms with Crippen molar-refractivity contribution in [2.24, 2.45) is 5.41 Å². The van der Waals surface area contributed by atoms with Crippen molar-refractivity contribution >= 4 is 27.3 Å². The number of hydrogen-bond acceptors (Lipinski definition) is 3. The van der Waals surface area contributed by atoms with Gasteiger partial charge in [0.25, 0.3) is 0 Å². The minimum Gasteiger partial charge on any atom is -0.395 e. The molecule has 0 aliphatic heterocycles. The molecule has 92 valence electrons. The monoisotopic (exact) mass is 305 g/mol. The van der Waals surface area contributed by atoms with Crippen LogP contribution in [0.1, 0.15) is 25.6 Å². The van der Waals surface area contributed by atoms with Crippen LogP contribution in [0.5, 0.6) is 0 Å². The van der Waals surface area contributed by atoms with Gasteiger partial charge in [-0.25, -0.2) is 0 Å². The summed E-state index contributed by atoms with van der Waals surface area (Å²) in [5, 5.41) is 9.07. The zero-order chi connectivity index (χ0) is 12.2. The first kappa shape index (κ1) is 14.2. The Morgan fingerprint density at radius 1 is 1.38 bits per heavy atom. The Morgan fingerprint density at radius 2 is 2.06 bits per heavy atom. The summed E-state index contributed by atoms with van der Waals surface area (Å²) < 4.78 is 1.17. The third-order valence-electron chi connectivity index (χ3n) is 2.12. The van der Waals surface area contributed by atoms with E-state index in [0.29, 0.717) is 0 Å². The van der Waals surface area contributed by atoms with Crippen LogP contribution in [-0.2, 0) is 6.54 Å². The van der Waals surface area contributed by atoms with E-state index in [4.69, 9.17) is 5.11 Å². The maximum Gasteiger partial charge on any atom is 0.0701 e. The van der Waals surface area contributed by atoms with E-state index in [-0.39, 0.29) is 12.0 Å². The average molecular weight is 306 g/mol. The first-order valence-electron chi connectivity index (χ1n) is 5.48. The van der Waals surface area contributed by atoms with Crippen molar-refractivity contribution in [2.45, 2.75) is 27.3 Å². The van der Waals surface area contributed by atoms with E-state index >= 15 is 0 Å². The van der Waals surface area contributed by atoms with Crippen molar-refractivity contribution in [3.63, 3.8) is 0 Å². The van der Waals surface area contributed by atoms with Gasteiger partial charge in [-0.15, -0.1) is 11.3 Å². The van der Waals surface area contributed by atoms with E-state index in [0.717, 1.165) is 19.6 Å². The molecule has 1 aromatic heterocycles. The maximum absolute atomic E-state index is 9.07. The van der Waals surface area contributed by atoms with Crippen LogP contribution in [0, 0.1) is 5.41 Å². The standard InChI is InChI=1S/C12H20BrNOS/c1-12(2,3)9-14(6-7-15)8-10-4-5-11(13)16-10/h4-5,15H,6-9H2,1-3H3. The molecule has 0 aromatic carbocycles. The molecule has 1 rings (SSSR count). The van der Waals surface area contributed by atoms with Crippen LogP contribution in [0.25, 0.3) is 0 Å². The average Bonchev–Trinajstić information content (AvgIpc) is 2.48. The van der Waals surface area contributed by atoms with Crippen LogP contribution < -0.4 is 0 Å². The van der Waals surface area contributed by atoms with Crippen molar-refractivity contribution in [1.82, 2.24) is 4.90 Å². The molecule has 1 N–H and O–H groups in total. The van der Waals surface area contributed by atoms with Crippen LogP contribution in [-0.4, -0.2) is 29.7 Å². The maximum atomic E-state index is 9.07. The van der Waals surface area contributed by atoms with Crippen molar-refractivity contribution in [2.75, 3.05) is 19.7 Å². The van der Waals surface area contributed by atoms with Crippen molar-refractivity contribution in [3.05, 3.63) is 20.8 Å². The van der Waals surface area contributed by atoms with Gasteiger partial charge < -0.3 is 5.11 Å². The molecule has 0 aliphatic carbocycles. The van der Waals surface area contributed by atoms with Crippen LogP contribution in [0.15, 0.2) is 15.9 Å². The predicted octanol–water partition coefficient (Wildman–Crippen LogP) is 3.35. The van der Waals surface area contributed by atoms with E-state index in [2.05, 4.69) is 53.7 Å². The number of thiophene rings is 1. The molecule has 0 saturated heterocycles. The lowest BCUT2D eigenvalue weighted by Crippen LogP contribution is -2.34. The van der Waals surface area contributed by atoms with Crippen LogP contribution in [0.3, 0.4) is 0 Å². The molecule has 0 fully saturated rings. The smallest absolute Gasteiger partial charge is 0.0701 e. The van der Waals surface area contributed by atoms with Gasteiger partial charge in [-0.1, -0.05) is 20.8 Å². The molecule has 0 radical (unpaired) electrons. The second kappa shape index (κ2) is 6.15. The Labute approximate surface area is 110 Å². The lowest BCUT2D eigenvalue weighted by molar-refractivity contribution is 0.147. The van der Waals surface area contributed by atoms with Gasteiger partial charge in [0.1, 0.15) is 0 Å². The summed E-state index contributed by atoms with van der Waals surface area (Å²) >= 11 is 5.23. The number of hydrogen-bond donors (Lipinski definition) is 1. The topological polar surface area (TPSA) is 23.5 Å². The van der Waals surface area contributed by atoms with Gasteiger partial charge in [0.15, 0.2) is 0 Å². The van der Waals surface area contributed by atoms with Crippen molar-refractivity contribution < 1.29 is 5.11 Å². The molecule has 2 nitrogen and oxygen atoms in total. The van der Waals surface area contributed by atoms with E-state index < -0.39 is 0 Å². The van der Waals surface area contributed by atoms with E-state index in [1.165, 1.54) is 8.66 Å². The van der Waals surface area contributed by atoms with Gasteiger partial charge in [0, 0.05) is 24.5 Å². The lowest BCUT2D eigenvalue weighted by atomic mass is 9.96. The largest absolute Gasteiger partial charge is 0.395 e. The highest BCUT2D eigenvalue weighted by atomic mass is 79.9. The zero-order valence-corrected chi connectivity index (χ0v) is 12.6. The fourth-order valence-electron chi connectivity index (χ4n) is 1.68. The summed E-state index contributed by atoms with van der Waals surface area (Å²) in [6, 6.07) is 4.22. The number of aliphatic hydroxyl groups excluding tert-OH is 1. The van der Waals surface area contributed by atoms with Gasteiger partial charge >= 0.3 is 0 Å². The Kier molecular flexibility index (Phi) is 5.44. The first-order valence-corrected chi connectivity index (χ1v) is 7.09. The quantitative estimate of drug-likeness (QED) is 0.902. The second-order valence-corrected chi connectivity index (χ2v) is 7.75. The zero-order valence-electron chi connectivity index (χ0n) is 10.2. The van der Waals surface area contributed by atoms with E-state index in [9.17, 15) is 0 Å². The number of nitrogens with zero attached hydrogens (tertiary/aromatic N) is 1. The number of halogens is 1. The fraction of sp³-hybridized carbons (Fsp3) is 0.667. The third kappa shape index (κ3) is 5.43. The molecule has 0 atom stereocenters.